The van der Waals surface area contributed by atoms with E-state index in [9.17, 15) is 30.3 Å². The van der Waals surface area contributed by atoms with Crippen molar-refractivity contribution in [3.8, 4) is 12.1 Å². The molecule has 0 atom stereocenters. The van der Waals surface area contributed by atoms with Crippen LogP contribution < -0.4 is 0 Å². The summed E-state index contributed by atoms with van der Waals surface area (Å²) in [6.45, 7) is 1.84. The lowest BCUT2D eigenvalue weighted by Crippen LogP contribution is -1.99. The maximum atomic E-state index is 11.5. The number of aryl methyl sites for hydroxylation is 2. The number of carboxylic acid groups (broad SMARTS) is 2. The van der Waals surface area contributed by atoms with Crippen LogP contribution in [0.4, 0.5) is 0 Å². The number of rotatable bonds is 16. The maximum absolute atomic E-state index is 11.5. The molecule has 0 saturated carbocycles. The van der Waals surface area contributed by atoms with Gasteiger partial charge in [-0.3, -0.25) is 0 Å². The minimum absolute atomic E-state index is 0.360. The third-order valence-electron chi connectivity index (χ3n) is 9.68. The van der Waals surface area contributed by atoms with Gasteiger partial charge < -0.3 is 19.3 Å². The number of para-hydroxylation sites is 2. The second-order valence-electron chi connectivity index (χ2n) is 13.0. The fourth-order valence-corrected chi connectivity index (χ4v) is 7.20. The largest absolute Gasteiger partial charge is 0.477 e. The van der Waals surface area contributed by atoms with E-state index in [1.54, 1.807) is 24.3 Å². The molecule has 0 spiro atoms. The highest BCUT2D eigenvalue weighted by molar-refractivity contribution is 6.10. The number of unbranched alkanes of at least 4 members (excludes halogenated alkanes) is 8. The minimum Gasteiger partial charge on any atom is -0.477 e. The predicted octanol–water partition coefficient (Wildman–Crippen LogP) is 10.1. The van der Waals surface area contributed by atoms with Crippen LogP contribution in [0.2, 0.25) is 0 Å². The molecule has 6 aromatic rings. The zero-order valence-corrected chi connectivity index (χ0v) is 28.5. The van der Waals surface area contributed by atoms with Crippen molar-refractivity contribution >= 4 is 67.7 Å². The molecular formula is C43H40N4O4. The van der Waals surface area contributed by atoms with E-state index < -0.39 is 11.9 Å². The van der Waals surface area contributed by atoms with Gasteiger partial charge >= 0.3 is 11.9 Å². The summed E-state index contributed by atoms with van der Waals surface area (Å²) < 4.78 is 4.72. The van der Waals surface area contributed by atoms with Crippen molar-refractivity contribution in [3.05, 3.63) is 107 Å². The van der Waals surface area contributed by atoms with Gasteiger partial charge in [0.15, 0.2) is 0 Å². The monoisotopic (exact) mass is 676 g/mol. The number of aromatic nitrogens is 2. The van der Waals surface area contributed by atoms with Crippen LogP contribution in [0.1, 0.15) is 68.9 Å². The molecule has 0 unspecified atom stereocenters. The van der Waals surface area contributed by atoms with Crippen LogP contribution in [0.15, 0.2) is 96.1 Å². The maximum Gasteiger partial charge on any atom is 0.346 e. The Bertz CT molecular complexity index is 2240. The van der Waals surface area contributed by atoms with E-state index in [2.05, 4.69) is 57.7 Å². The van der Waals surface area contributed by atoms with Crippen molar-refractivity contribution in [2.75, 3.05) is 0 Å². The highest BCUT2D eigenvalue weighted by atomic mass is 16.4. The van der Waals surface area contributed by atoms with E-state index in [0.717, 1.165) is 47.7 Å². The van der Waals surface area contributed by atoms with Crippen molar-refractivity contribution in [1.29, 1.82) is 10.5 Å². The summed E-state index contributed by atoms with van der Waals surface area (Å²) in [6, 6.07) is 32.0. The van der Waals surface area contributed by atoms with Crippen LogP contribution in [0.5, 0.6) is 0 Å². The summed E-state index contributed by atoms with van der Waals surface area (Å²) >= 11 is 0. The van der Waals surface area contributed by atoms with E-state index in [4.69, 9.17) is 0 Å². The molecule has 2 aromatic heterocycles. The molecule has 0 aliphatic rings. The molecule has 0 amide bonds. The van der Waals surface area contributed by atoms with Gasteiger partial charge in [0.2, 0.25) is 0 Å². The number of nitriles is 2. The SMILES string of the molecule is N#C/C(=C/c1ccc2c(c1)c1cc(/C=C(/C#N)C(=O)O)ccc1n2CCCCCCCCCCCn1c2ccccc2c2ccccc21)C(=O)O. The molecule has 0 radical (unpaired) electrons. The van der Waals surface area contributed by atoms with Gasteiger partial charge in [-0.15, -0.1) is 0 Å². The van der Waals surface area contributed by atoms with Gasteiger partial charge in [-0.1, -0.05) is 93.5 Å². The summed E-state index contributed by atoms with van der Waals surface area (Å²) in [5.74, 6) is -2.58. The molecule has 8 heteroatoms. The summed E-state index contributed by atoms with van der Waals surface area (Å²) in [5.41, 5.74) is 5.01. The molecule has 256 valence electrons. The van der Waals surface area contributed by atoms with Crippen LogP contribution in [-0.4, -0.2) is 31.3 Å². The first-order valence-electron chi connectivity index (χ1n) is 17.6. The quantitative estimate of drug-likeness (QED) is 0.0596. The lowest BCUT2D eigenvalue weighted by atomic mass is 10.0. The first-order valence-corrected chi connectivity index (χ1v) is 17.6. The van der Waals surface area contributed by atoms with E-state index in [-0.39, 0.29) is 11.1 Å². The van der Waals surface area contributed by atoms with Gasteiger partial charge in [0.05, 0.1) is 0 Å². The highest BCUT2D eigenvalue weighted by Crippen LogP contribution is 2.33. The average Bonchev–Trinajstić information content (AvgIpc) is 3.63. The molecular weight excluding hydrogens is 636 g/mol. The molecule has 0 fully saturated rings. The molecule has 4 aromatic carbocycles. The Hall–Kier alpha value is -6.12. The average molecular weight is 677 g/mol. The number of aliphatic carboxylic acids is 2. The lowest BCUT2D eigenvalue weighted by molar-refractivity contribution is -0.133. The fraction of sp³-hybridized carbons (Fsp3) is 0.256. The van der Waals surface area contributed by atoms with E-state index >= 15 is 0 Å². The topological polar surface area (TPSA) is 132 Å². The van der Waals surface area contributed by atoms with E-state index in [1.807, 2.05) is 24.3 Å². The normalized spacial score (nSPS) is 12.1. The number of carboxylic acids is 2. The smallest absolute Gasteiger partial charge is 0.346 e. The Kier molecular flexibility index (Phi) is 10.9. The van der Waals surface area contributed by atoms with Gasteiger partial charge in [-0.25, -0.2) is 9.59 Å². The van der Waals surface area contributed by atoms with E-state index in [1.165, 1.54) is 78.9 Å². The molecule has 2 heterocycles. The van der Waals surface area contributed by atoms with Gasteiger partial charge in [0, 0.05) is 56.7 Å². The Morgan fingerprint density at radius 1 is 0.510 bits per heavy atom. The second kappa shape index (κ2) is 16.1. The van der Waals surface area contributed by atoms with E-state index in [0.29, 0.717) is 11.1 Å². The molecule has 2 N–H and O–H groups in total. The van der Waals surface area contributed by atoms with Crippen molar-refractivity contribution in [1.82, 2.24) is 9.13 Å². The number of benzene rings is 4. The Morgan fingerprint density at radius 3 is 1.24 bits per heavy atom. The van der Waals surface area contributed by atoms with Gasteiger partial charge in [-0.2, -0.15) is 10.5 Å². The van der Waals surface area contributed by atoms with Crippen LogP contribution >= 0.6 is 0 Å². The van der Waals surface area contributed by atoms with Gasteiger partial charge in [-0.05, 0) is 72.5 Å². The molecule has 0 aliphatic carbocycles. The number of hydrogen-bond donors (Lipinski definition) is 2. The number of carbonyl (C=O) groups is 2. The van der Waals surface area contributed by atoms with Crippen molar-refractivity contribution in [3.63, 3.8) is 0 Å². The zero-order chi connectivity index (χ0) is 35.7. The Balaban J connectivity index is 1.04. The molecule has 51 heavy (non-hydrogen) atoms. The van der Waals surface area contributed by atoms with Crippen molar-refractivity contribution < 1.29 is 19.8 Å². The van der Waals surface area contributed by atoms with Gasteiger partial charge in [0.25, 0.3) is 0 Å². The molecule has 6 rings (SSSR count). The third-order valence-corrected chi connectivity index (χ3v) is 9.68. The molecule has 8 nitrogen and oxygen atoms in total. The highest BCUT2D eigenvalue weighted by Gasteiger charge is 2.14. The van der Waals surface area contributed by atoms with Gasteiger partial charge in [0.1, 0.15) is 23.3 Å². The number of hydrogen-bond acceptors (Lipinski definition) is 4. The number of fused-ring (bicyclic) bond motifs is 6. The first-order chi connectivity index (χ1) is 24.9. The molecule has 0 aliphatic heterocycles. The van der Waals surface area contributed by atoms with Crippen LogP contribution in [0.25, 0.3) is 55.8 Å². The van der Waals surface area contributed by atoms with Crippen LogP contribution in [-0.2, 0) is 22.7 Å². The second-order valence-corrected chi connectivity index (χ2v) is 13.0. The first kappa shape index (κ1) is 34.7. The Labute approximate surface area is 296 Å². The number of nitrogens with zero attached hydrogens (tertiary/aromatic N) is 4. The summed E-state index contributed by atoms with van der Waals surface area (Å²) in [7, 11) is 0. The predicted molar refractivity (Wildman–Crippen MR) is 203 cm³/mol. The van der Waals surface area contributed by atoms with Crippen LogP contribution in [0, 0.1) is 22.7 Å². The van der Waals surface area contributed by atoms with Crippen molar-refractivity contribution in [2.45, 2.75) is 70.9 Å². The minimum atomic E-state index is -1.29. The summed E-state index contributed by atoms with van der Waals surface area (Å²) in [6.07, 6.45) is 13.3. The summed E-state index contributed by atoms with van der Waals surface area (Å²) in [4.78, 5) is 22.9. The standard InChI is InChI=1S/C43H40N4O4/c44-28-32(42(48)49)24-30-18-20-40-36(26-30)37-27-31(25-33(29-45)43(50)51)19-21-41(37)47(40)23-13-7-5-3-1-2-4-6-12-22-46-38-16-10-8-14-34(38)35-15-9-11-17-39(35)46/h8-11,14-21,24-27H,1-7,12-13,22-23H2,(H,48,49)(H,50,51)/b32-24-,33-25-. The molecule has 0 bridgehead atoms. The lowest BCUT2D eigenvalue weighted by Gasteiger charge is -2.09. The molecule has 0 saturated heterocycles. The Morgan fingerprint density at radius 2 is 0.863 bits per heavy atom. The third kappa shape index (κ3) is 7.71. The fourth-order valence-electron chi connectivity index (χ4n) is 7.20. The zero-order valence-electron chi connectivity index (χ0n) is 28.5. The van der Waals surface area contributed by atoms with Crippen LogP contribution in [0.3, 0.4) is 0 Å². The van der Waals surface area contributed by atoms with Crippen molar-refractivity contribution in [2.24, 2.45) is 0 Å². The summed E-state index contributed by atoms with van der Waals surface area (Å²) in [5, 5.41) is 41.6.